The van der Waals surface area contributed by atoms with E-state index in [2.05, 4.69) is 210 Å². The number of rotatable bonds is 13. The fraction of sp³-hybridized carbons (Fsp3) is 0.107. The molecule has 0 bridgehead atoms. The lowest BCUT2D eigenvalue weighted by atomic mass is 9.77. The van der Waals surface area contributed by atoms with Crippen LogP contribution in [-0.4, -0.2) is 10.2 Å². The van der Waals surface area contributed by atoms with Gasteiger partial charge in [0.15, 0.2) is 10.2 Å². The van der Waals surface area contributed by atoms with Crippen molar-refractivity contribution in [1.29, 1.82) is 0 Å². The molecule has 4 N–H and O–H groups in total. The number of benzene rings is 8. The van der Waals surface area contributed by atoms with Crippen molar-refractivity contribution in [1.82, 2.24) is 21.3 Å². The van der Waals surface area contributed by atoms with Crippen molar-refractivity contribution in [3.8, 4) is 0 Å². The van der Waals surface area contributed by atoms with Gasteiger partial charge in [0, 0.05) is 0 Å². The first-order valence-electron chi connectivity index (χ1n) is 21.1. The van der Waals surface area contributed by atoms with E-state index in [1.165, 1.54) is 16.7 Å². The molecule has 8 aromatic rings. The molecule has 2 unspecified atom stereocenters. The molecule has 0 amide bonds. The average molecular weight is 845 g/mol. The van der Waals surface area contributed by atoms with E-state index < -0.39 is 5.54 Å². The van der Waals surface area contributed by atoms with Gasteiger partial charge in [0.25, 0.3) is 0 Å². The fourth-order valence-corrected chi connectivity index (χ4v) is 8.37. The normalized spacial score (nSPS) is 11.8. The molecule has 0 aliphatic carbocycles. The zero-order valence-electron chi connectivity index (χ0n) is 34.8. The second-order valence-electron chi connectivity index (χ2n) is 15.1. The first-order chi connectivity index (χ1) is 30.5. The molecule has 8 aromatic carbocycles. The van der Waals surface area contributed by atoms with E-state index in [1.54, 1.807) is 0 Å². The lowest BCUT2D eigenvalue weighted by Gasteiger charge is -2.38. The molecule has 6 heteroatoms. The standard InChI is InChI=1S/C33H28N2S.C23H24N2S/c36-32(34-31(26-16-6-1-7-17-26)27-18-8-2-9-19-27)35-33(28-20-10-3-11-21-28,29-22-12-4-13-23-29)30-24-14-5-15-25-30;1-18(20-13-7-3-8-14-20)24-23(26)25-22(21-15-9-4-10-16-21)17-19-11-5-2-6-12-19/h1-25,31H,(H2,34,35,36);2-16,18,22H,17H2,1H3,(H2,24,25,26). The van der Waals surface area contributed by atoms with Gasteiger partial charge in [-0.05, 0) is 82.3 Å². The van der Waals surface area contributed by atoms with E-state index in [0.29, 0.717) is 10.2 Å². The Labute approximate surface area is 378 Å². The Bertz CT molecular complexity index is 2390. The van der Waals surface area contributed by atoms with E-state index >= 15 is 0 Å². The summed E-state index contributed by atoms with van der Waals surface area (Å²) in [6.45, 7) is 2.12. The third kappa shape index (κ3) is 11.5. The van der Waals surface area contributed by atoms with Gasteiger partial charge in [-0.15, -0.1) is 0 Å². The predicted molar refractivity (Wildman–Crippen MR) is 266 cm³/mol. The Balaban J connectivity index is 0.000000197. The summed E-state index contributed by atoms with van der Waals surface area (Å²) in [6.07, 6.45) is 0.881. The maximum Gasteiger partial charge on any atom is 0.168 e. The Morgan fingerprint density at radius 1 is 0.387 bits per heavy atom. The maximum atomic E-state index is 6.06. The minimum atomic E-state index is -0.675. The summed E-state index contributed by atoms with van der Waals surface area (Å²) in [5.41, 5.74) is 8.70. The van der Waals surface area contributed by atoms with Gasteiger partial charge in [0.2, 0.25) is 0 Å². The largest absolute Gasteiger partial charge is 0.356 e. The summed E-state index contributed by atoms with van der Waals surface area (Å²) in [5, 5.41) is 15.6. The summed E-state index contributed by atoms with van der Waals surface area (Å²) >= 11 is 11.7. The number of hydrogen-bond donors (Lipinski definition) is 4. The Kier molecular flexibility index (Phi) is 15.4. The molecular weight excluding hydrogens is 793 g/mol. The Morgan fingerprint density at radius 3 is 1.13 bits per heavy atom. The van der Waals surface area contributed by atoms with Gasteiger partial charge in [0.1, 0.15) is 5.54 Å². The molecule has 0 saturated carbocycles. The van der Waals surface area contributed by atoms with Gasteiger partial charge < -0.3 is 21.3 Å². The van der Waals surface area contributed by atoms with Gasteiger partial charge in [-0.1, -0.05) is 243 Å². The van der Waals surface area contributed by atoms with Gasteiger partial charge in [-0.2, -0.15) is 0 Å². The van der Waals surface area contributed by atoms with Crippen LogP contribution < -0.4 is 21.3 Å². The van der Waals surface area contributed by atoms with E-state index in [1.807, 2.05) is 60.7 Å². The summed E-state index contributed by atoms with van der Waals surface area (Å²) in [6, 6.07) is 83.8. The molecule has 0 aromatic heterocycles. The minimum Gasteiger partial charge on any atom is -0.356 e. The molecular formula is C56H52N4S2. The SMILES string of the molecule is CC(NC(=S)NC(Cc1ccccc1)c1ccccc1)c1ccccc1.S=C(NC(c1ccccc1)c1ccccc1)NC(c1ccccc1)(c1ccccc1)c1ccccc1. The van der Waals surface area contributed by atoms with Gasteiger partial charge in [-0.25, -0.2) is 0 Å². The quantitative estimate of drug-likeness (QED) is 0.0685. The first-order valence-corrected chi connectivity index (χ1v) is 21.9. The monoisotopic (exact) mass is 844 g/mol. The van der Waals surface area contributed by atoms with Crippen LogP contribution in [0.1, 0.15) is 69.6 Å². The predicted octanol–water partition coefficient (Wildman–Crippen LogP) is 12.4. The van der Waals surface area contributed by atoms with Crippen LogP contribution in [0.4, 0.5) is 0 Å². The van der Waals surface area contributed by atoms with Crippen LogP contribution in [0.25, 0.3) is 0 Å². The summed E-state index contributed by atoms with van der Waals surface area (Å²) in [7, 11) is 0. The second-order valence-corrected chi connectivity index (χ2v) is 15.9. The highest BCUT2D eigenvalue weighted by Crippen LogP contribution is 2.37. The molecule has 0 radical (unpaired) electrons. The molecule has 0 saturated heterocycles. The average Bonchev–Trinajstić information content (AvgIpc) is 3.34. The summed E-state index contributed by atoms with van der Waals surface area (Å²) in [4.78, 5) is 0. The summed E-state index contributed by atoms with van der Waals surface area (Å²) < 4.78 is 0. The molecule has 8 rings (SSSR count). The molecule has 4 nitrogen and oxygen atoms in total. The van der Waals surface area contributed by atoms with Crippen molar-refractivity contribution >= 4 is 34.7 Å². The Hall–Kier alpha value is -6.86. The van der Waals surface area contributed by atoms with Crippen LogP contribution in [0.3, 0.4) is 0 Å². The highest BCUT2D eigenvalue weighted by atomic mass is 32.1. The van der Waals surface area contributed by atoms with Crippen LogP contribution in [0.15, 0.2) is 243 Å². The molecule has 308 valence electrons. The fourth-order valence-electron chi connectivity index (χ4n) is 7.78. The van der Waals surface area contributed by atoms with E-state index in [-0.39, 0.29) is 18.1 Å². The second kappa shape index (κ2) is 22.1. The number of nitrogens with one attached hydrogen (secondary N) is 4. The molecule has 0 fully saturated rings. The molecule has 0 spiro atoms. The van der Waals surface area contributed by atoms with Crippen molar-refractivity contribution in [2.75, 3.05) is 0 Å². The number of thiocarbonyl (C=S) groups is 2. The van der Waals surface area contributed by atoms with E-state index in [4.69, 9.17) is 24.4 Å². The van der Waals surface area contributed by atoms with Crippen LogP contribution in [0.5, 0.6) is 0 Å². The lowest BCUT2D eigenvalue weighted by Crippen LogP contribution is -2.52. The molecule has 62 heavy (non-hydrogen) atoms. The van der Waals surface area contributed by atoms with Crippen molar-refractivity contribution in [2.24, 2.45) is 0 Å². The number of hydrogen-bond acceptors (Lipinski definition) is 2. The highest BCUT2D eigenvalue weighted by molar-refractivity contribution is 7.80. The van der Waals surface area contributed by atoms with Gasteiger partial charge in [0.05, 0.1) is 18.1 Å². The zero-order chi connectivity index (χ0) is 42.8. The minimum absolute atomic E-state index is 0.0904. The molecule has 0 aliphatic heterocycles. The maximum absolute atomic E-state index is 6.06. The van der Waals surface area contributed by atoms with Crippen molar-refractivity contribution < 1.29 is 0 Å². The van der Waals surface area contributed by atoms with Crippen LogP contribution in [0.2, 0.25) is 0 Å². The topological polar surface area (TPSA) is 48.1 Å². The first kappa shape index (κ1) is 43.2. The van der Waals surface area contributed by atoms with E-state index in [0.717, 1.165) is 34.2 Å². The van der Waals surface area contributed by atoms with Gasteiger partial charge >= 0.3 is 0 Å². The van der Waals surface area contributed by atoms with E-state index in [9.17, 15) is 0 Å². The van der Waals surface area contributed by atoms with Crippen molar-refractivity contribution in [3.05, 3.63) is 287 Å². The highest BCUT2D eigenvalue weighted by Gasteiger charge is 2.37. The third-order valence-corrected chi connectivity index (χ3v) is 11.4. The van der Waals surface area contributed by atoms with Crippen molar-refractivity contribution in [3.63, 3.8) is 0 Å². The summed E-state index contributed by atoms with van der Waals surface area (Å²) in [5.74, 6) is 0. The lowest BCUT2D eigenvalue weighted by molar-refractivity contribution is 0.561. The molecule has 2 atom stereocenters. The van der Waals surface area contributed by atoms with Crippen molar-refractivity contribution in [2.45, 2.75) is 37.0 Å². The zero-order valence-corrected chi connectivity index (χ0v) is 36.5. The smallest absolute Gasteiger partial charge is 0.168 e. The molecule has 0 aliphatic rings. The van der Waals surface area contributed by atoms with Crippen LogP contribution in [0, 0.1) is 0 Å². The van der Waals surface area contributed by atoms with Crippen LogP contribution >= 0.6 is 24.4 Å². The molecule has 0 heterocycles. The third-order valence-electron chi connectivity index (χ3n) is 10.9. The van der Waals surface area contributed by atoms with Crippen LogP contribution in [-0.2, 0) is 12.0 Å². The Morgan fingerprint density at radius 2 is 0.726 bits per heavy atom. The van der Waals surface area contributed by atoms with Gasteiger partial charge in [-0.3, -0.25) is 0 Å².